The second kappa shape index (κ2) is 8.50. The molecule has 41 heavy (non-hydrogen) atoms. The van der Waals surface area contributed by atoms with Crippen LogP contribution in [0.2, 0.25) is 0 Å². The van der Waals surface area contributed by atoms with Gasteiger partial charge in [0.1, 0.15) is 0 Å². The van der Waals surface area contributed by atoms with Gasteiger partial charge in [0.05, 0.1) is 22.1 Å². The molecule has 192 valence electrons. The van der Waals surface area contributed by atoms with E-state index in [1.165, 1.54) is 70.8 Å². The summed E-state index contributed by atoms with van der Waals surface area (Å²) >= 11 is 4.55. The minimum Gasteiger partial charge on any atom is -0.309 e. The number of aromatic nitrogens is 2. The Morgan fingerprint density at radius 1 is 0.341 bits per heavy atom. The summed E-state index contributed by atoms with van der Waals surface area (Å²) in [5.41, 5.74) is 7.19. The molecule has 0 spiro atoms. The van der Waals surface area contributed by atoms with Gasteiger partial charge in [-0.05, 0) is 65.4 Å². The minimum atomic E-state index is 0.960. The third-order valence-corrected chi connectivity index (χ3v) is 8.86. The zero-order chi connectivity index (χ0) is 27.1. The van der Waals surface area contributed by atoms with Crippen molar-refractivity contribution in [1.29, 1.82) is 0 Å². The fourth-order valence-corrected chi connectivity index (χ4v) is 7.09. The second-order valence-electron chi connectivity index (χ2n) is 10.7. The Labute approximate surface area is 242 Å². The van der Waals surface area contributed by atoms with E-state index in [1.54, 1.807) is 0 Å². The van der Waals surface area contributed by atoms with Crippen LogP contribution in [-0.2, 0) is 0 Å². The third kappa shape index (κ3) is 3.10. The maximum atomic E-state index is 4.55. The molecule has 0 radical (unpaired) electrons. The maximum absolute atomic E-state index is 4.55. The van der Waals surface area contributed by atoms with Crippen LogP contribution in [0.25, 0.3) is 76.5 Å². The molecule has 0 bridgehead atoms. The van der Waals surface area contributed by atoms with Crippen molar-refractivity contribution in [3.63, 3.8) is 0 Å². The molecule has 0 fully saturated rings. The largest absolute Gasteiger partial charge is 0.309 e. The molecule has 0 unspecified atom stereocenters. The molecule has 0 aliphatic rings. The van der Waals surface area contributed by atoms with Gasteiger partial charge in [0.25, 0.3) is 0 Å². The summed E-state index contributed by atoms with van der Waals surface area (Å²) in [6, 6.07) is 50.4. The normalized spacial score (nSPS) is 12.0. The van der Waals surface area contributed by atoms with Crippen molar-refractivity contribution in [2.45, 2.75) is 4.90 Å². The topological polar surface area (TPSA) is 9.86 Å². The van der Waals surface area contributed by atoms with E-state index in [1.807, 2.05) is 0 Å². The highest BCUT2D eigenvalue weighted by Gasteiger charge is 2.22. The van der Waals surface area contributed by atoms with E-state index < -0.39 is 0 Å². The highest BCUT2D eigenvalue weighted by atomic mass is 32.1. The molecular weight excluding hydrogens is 516 g/mol. The zero-order valence-corrected chi connectivity index (χ0v) is 23.0. The van der Waals surface area contributed by atoms with Crippen LogP contribution < -0.4 is 0 Å². The SMILES string of the molecule is Sc1ccc(-n2c3ccccc3c3c4c(ccc32)c2ccccc2c2c4c3ccccc3n2-c2ccccc2)cc1. The summed E-state index contributed by atoms with van der Waals surface area (Å²) in [5.74, 6) is 0. The Kier molecular flexibility index (Phi) is 4.73. The summed E-state index contributed by atoms with van der Waals surface area (Å²) in [4.78, 5) is 0.960. The molecule has 0 saturated heterocycles. The van der Waals surface area contributed by atoms with Crippen LogP contribution >= 0.6 is 12.6 Å². The fraction of sp³-hybridized carbons (Fsp3) is 0. The Bertz CT molecular complexity index is 2460. The molecule has 2 aromatic heterocycles. The number of rotatable bonds is 2. The number of nitrogens with zero attached hydrogens (tertiary/aromatic N) is 2. The molecule has 0 N–H and O–H groups in total. The van der Waals surface area contributed by atoms with Gasteiger partial charge in [-0.1, -0.05) is 84.9 Å². The van der Waals surface area contributed by atoms with Crippen LogP contribution in [0.3, 0.4) is 0 Å². The van der Waals surface area contributed by atoms with Gasteiger partial charge < -0.3 is 9.13 Å². The highest BCUT2D eigenvalue weighted by Crippen LogP contribution is 2.47. The Morgan fingerprint density at radius 2 is 0.902 bits per heavy atom. The number of hydrogen-bond acceptors (Lipinski definition) is 1. The first-order valence-corrected chi connectivity index (χ1v) is 14.4. The summed E-state index contributed by atoms with van der Waals surface area (Å²) in [6.07, 6.45) is 0. The van der Waals surface area contributed by atoms with E-state index >= 15 is 0 Å². The van der Waals surface area contributed by atoms with E-state index in [0.29, 0.717) is 0 Å². The van der Waals surface area contributed by atoms with Crippen LogP contribution in [-0.4, -0.2) is 9.13 Å². The van der Waals surface area contributed by atoms with E-state index in [-0.39, 0.29) is 0 Å². The lowest BCUT2D eigenvalue weighted by molar-refractivity contribution is 1.17. The predicted molar refractivity (Wildman–Crippen MR) is 177 cm³/mol. The number of hydrogen-bond donors (Lipinski definition) is 1. The number of fused-ring (bicyclic) bond motifs is 12. The molecule has 0 aliphatic carbocycles. The standard InChI is InChI=1S/C38H24N2S/c41-26-20-18-25(19-21-26)39-32-16-8-6-14-30(32)35-34(39)23-22-28-27-12-4-5-13-29(27)38-37(36(28)35)31-15-7-9-17-33(31)40(38)24-10-2-1-3-11-24/h1-23,41H. The molecule has 0 amide bonds. The number of para-hydroxylation sites is 3. The third-order valence-electron chi connectivity index (χ3n) is 8.56. The van der Waals surface area contributed by atoms with Crippen LogP contribution in [0.15, 0.2) is 144 Å². The Morgan fingerprint density at radius 3 is 1.63 bits per heavy atom. The molecule has 7 aromatic carbocycles. The monoisotopic (exact) mass is 540 g/mol. The Hall–Kier alpha value is -4.99. The zero-order valence-electron chi connectivity index (χ0n) is 22.1. The van der Waals surface area contributed by atoms with Gasteiger partial charge in [-0.2, -0.15) is 0 Å². The summed E-state index contributed by atoms with van der Waals surface area (Å²) in [6.45, 7) is 0. The molecule has 3 heteroatoms. The lowest BCUT2D eigenvalue weighted by Gasteiger charge is -2.13. The maximum Gasteiger partial charge on any atom is 0.0626 e. The molecular formula is C38H24N2S. The lowest BCUT2D eigenvalue weighted by Crippen LogP contribution is -1.95. The number of thiol groups is 1. The van der Waals surface area contributed by atoms with Crippen LogP contribution in [0.4, 0.5) is 0 Å². The van der Waals surface area contributed by atoms with E-state index in [0.717, 1.165) is 10.6 Å². The molecule has 9 aromatic rings. The Balaban J connectivity index is 1.61. The van der Waals surface area contributed by atoms with Crippen LogP contribution in [0.5, 0.6) is 0 Å². The molecule has 0 saturated carbocycles. The highest BCUT2D eigenvalue weighted by molar-refractivity contribution is 7.80. The first-order valence-electron chi connectivity index (χ1n) is 13.9. The smallest absolute Gasteiger partial charge is 0.0626 e. The van der Waals surface area contributed by atoms with Crippen molar-refractivity contribution in [3.05, 3.63) is 140 Å². The van der Waals surface area contributed by atoms with Gasteiger partial charge in [0.15, 0.2) is 0 Å². The quantitative estimate of drug-likeness (QED) is 0.165. The number of benzene rings is 7. The van der Waals surface area contributed by atoms with E-state index in [4.69, 9.17) is 0 Å². The first kappa shape index (κ1) is 22.8. The van der Waals surface area contributed by atoms with Crippen LogP contribution in [0.1, 0.15) is 0 Å². The average Bonchev–Trinajstić information content (AvgIpc) is 3.56. The van der Waals surface area contributed by atoms with Gasteiger partial charge in [0.2, 0.25) is 0 Å². The van der Waals surface area contributed by atoms with Crippen molar-refractivity contribution in [2.24, 2.45) is 0 Å². The predicted octanol–water partition coefficient (Wildman–Crippen LogP) is 10.5. The second-order valence-corrected chi connectivity index (χ2v) is 11.2. The molecule has 0 aliphatic heterocycles. The van der Waals surface area contributed by atoms with Gasteiger partial charge in [0, 0.05) is 48.6 Å². The molecule has 2 nitrogen and oxygen atoms in total. The van der Waals surface area contributed by atoms with E-state index in [2.05, 4.69) is 161 Å². The minimum absolute atomic E-state index is 0.960. The summed E-state index contributed by atoms with van der Waals surface area (Å²) < 4.78 is 4.85. The van der Waals surface area contributed by atoms with Gasteiger partial charge in [-0.25, -0.2) is 0 Å². The molecule has 9 rings (SSSR count). The summed E-state index contributed by atoms with van der Waals surface area (Å²) in [7, 11) is 0. The van der Waals surface area contributed by atoms with E-state index in [9.17, 15) is 0 Å². The van der Waals surface area contributed by atoms with Gasteiger partial charge >= 0.3 is 0 Å². The van der Waals surface area contributed by atoms with Crippen molar-refractivity contribution >= 4 is 77.8 Å². The fourth-order valence-electron chi connectivity index (χ4n) is 6.94. The van der Waals surface area contributed by atoms with Crippen molar-refractivity contribution in [3.8, 4) is 11.4 Å². The van der Waals surface area contributed by atoms with Crippen molar-refractivity contribution < 1.29 is 0 Å². The summed E-state index contributed by atoms with van der Waals surface area (Å²) in [5, 5.41) is 10.3. The van der Waals surface area contributed by atoms with Gasteiger partial charge in [-0.15, -0.1) is 12.6 Å². The first-order chi connectivity index (χ1) is 20.3. The molecule has 0 atom stereocenters. The van der Waals surface area contributed by atoms with Crippen LogP contribution in [0, 0.1) is 0 Å². The molecule has 2 heterocycles. The van der Waals surface area contributed by atoms with Crippen molar-refractivity contribution in [1.82, 2.24) is 9.13 Å². The average molecular weight is 541 g/mol. The van der Waals surface area contributed by atoms with Crippen molar-refractivity contribution in [2.75, 3.05) is 0 Å². The lowest BCUT2D eigenvalue weighted by atomic mass is 9.93. The van der Waals surface area contributed by atoms with Gasteiger partial charge in [-0.3, -0.25) is 0 Å².